The highest BCUT2D eigenvalue weighted by molar-refractivity contribution is 6.30. The Bertz CT molecular complexity index is 755. The van der Waals surface area contributed by atoms with Crippen LogP contribution >= 0.6 is 11.6 Å². The summed E-state index contributed by atoms with van der Waals surface area (Å²) in [6.45, 7) is 2.77. The molecule has 0 saturated carbocycles. The van der Waals surface area contributed by atoms with Crippen LogP contribution in [0.4, 0.5) is 5.82 Å². The van der Waals surface area contributed by atoms with Crippen LogP contribution in [-0.4, -0.2) is 38.2 Å². The lowest BCUT2D eigenvalue weighted by Crippen LogP contribution is -2.24. The summed E-state index contributed by atoms with van der Waals surface area (Å²) in [5.41, 5.74) is 2.14. The molecule has 3 aromatic rings. The highest BCUT2D eigenvalue weighted by Crippen LogP contribution is 2.24. The summed E-state index contributed by atoms with van der Waals surface area (Å²) in [6.07, 6.45) is 6.01. The molecule has 0 spiro atoms. The van der Waals surface area contributed by atoms with E-state index in [1.165, 1.54) is 11.9 Å². The van der Waals surface area contributed by atoms with E-state index in [1.54, 1.807) is 16.9 Å². The molecule has 0 aliphatic carbocycles. The Balaban J connectivity index is 1.89. The molecule has 0 amide bonds. The molecule has 0 aliphatic rings. The first kappa shape index (κ1) is 13.8. The Labute approximate surface area is 127 Å². The van der Waals surface area contributed by atoms with Crippen molar-refractivity contribution in [3.63, 3.8) is 0 Å². The quantitative estimate of drug-likeness (QED) is 0.691. The van der Waals surface area contributed by atoms with Gasteiger partial charge < -0.3 is 4.90 Å². The second-order valence-electron chi connectivity index (χ2n) is 4.85. The molecule has 0 fully saturated rings. The number of anilines is 1. The molecule has 0 aromatic carbocycles. The van der Waals surface area contributed by atoms with E-state index >= 15 is 0 Å². The van der Waals surface area contributed by atoms with Crippen LogP contribution in [0, 0.1) is 6.92 Å². The Hall–Kier alpha value is -2.21. The summed E-state index contributed by atoms with van der Waals surface area (Å²) in [5.74, 6) is 1.42. The van der Waals surface area contributed by atoms with Crippen LogP contribution in [0.3, 0.4) is 0 Å². The van der Waals surface area contributed by atoms with Gasteiger partial charge in [0.15, 0.2) is 0 Å². The molecule has 0 saturated heterocycles. The number of likely N-dealkylation sites (N-methyl/N-ethyl adjacent to an activating group) is 1. The van der Waals surface area contributed by atoms with Crippen LogP contribution in [0.25, 0.3) is 5.78 Å². The normalized spacial score (nSPS) is 11.0. The third kappa shape index (κ3) is 2.67. The Morgan fingerprint density at radius 2 is 2.05 bits per heavy atom. The van der Waals surface area contributed by atoms with Gasteiger partial charge in [-0.3, -0.25) is 4.98 Å². The third-order valence-corrected chi connectivity index (χ3v) is 3.79. The Kier molecular flexibility index (Phi) is 3.70. The number of pyridine rings is 1. The van der Waals surface area contributed by atoms with E-state index in [-0.39, 0.29) is 0 Å². The largest absolute Gasteiger partial charge is 0.359 e. The van der Waals surface area contributed by atoms with Crippen molar-refractivity contribution in [3.05, 3.63) is 47.1 Å². The fourth-order valence-electron chi connectivity index (χ4n) is 2.28. The minimum absolute atomic E-state index is 0.460. The maximum atomic E-state index is 6.18. The topological polar surface area (TPSA) is 59.2 Å². The molecule has 7 heteroatoms. The highest BCUT2D eigenvalue weighted by Gasteiger charge is 2.15. The van der Waals surface area contributed by atoms with Crippen molar-refractivity contribution in [2.24, 2.45) is 0 Å². The molecule has 0 unspecified atom stereocenters. The monoisotopic (exact) mass is 302 g/mol. The number of rotatable bonds is 4. The van der Waals surface area contributed by atoms with Gasteiger partial charge in [0.05, 0.1) is 0 Å². The van der Waals surface area contributed by atoms with E-state index in [1.807, 2.05) is 26.1 Å². The van der Waals surface area contributed by atoms with Crippen molar-refractivity contribution in [2.45, 2.75) is 13.3 Å². The molecular weight excluding hydrogens is 288 g/mol. The summed E-state index contributed by atoms with van der Waals surface area (Å²) < 4.78 is 1.72. The van der Waals surface area contributed by atoms with E-state index in [0.717, 1.165) is 24.3 Å². The van der Waals surface area contributed by atoms with Gasteiger partial charge in [0, 0.05) is 31.5 Å². The zero-order chi connectivity index (χ0) is 14.8. The number of hydrogen-bond acceptors (Lipinski definition) is 5. The van der Waals surface area contributed by atoms with Gasteiger partial charge in [-0.25, -0.2) is 0 Å². The minimum Gasteiger partial charge on any atom is -0.359 e. The summed E-state index contributed by atoms with van der Waals surface area (Å²) in [4.78, 5) is 14.5. The fourth-order valence-corrected chi connectivity index (χ4v) is 2.44. The standard InChI is InChI=1S/C14H15ClN6/c1-10-12(15)19-14-17-9-18-21(14)13(10)20(2)8-5-11-3-6-16-7-4-11/h3-4,6-7,9H,5,8H2,1-2H3. The van der Waals surface area contributed by atoms with Crippen LogP contribution in [0.1, 0.15) is 11.1 Å². The van der Waals surface area contributed by atoms with Gasteiger partial charge in [-0.05, 0) is 31.0 Å². The zero-order valence-electron chi connectivity index (χ0n) is 11.9. The van der Waals surface area contributed by atoms with Gasteiger partial charge in [-0.1, -0.05) is 11.6 Å². The Morgan fingerprint density at radius 1 is 1.29 bits per heavy atom. The molecule has 3 rings (SSSR count). The maximum Gasteiger partial charge on any atom is 0.255 e. The van der Waals surface area contributed by atoms with Crippen LogP contribution in [0.15, 0.2) is 30.9 Å². The zero-order valence-corrected chi connectivity index (χ0v) is 12.6. The van der Waals surface area contributed by atoms with E-state index in [0.29, 0.717) is 10.9 Å². The molecule has 3 heterocycles. The van der Waals surface area contributed by atoms with E-state index < -0.39 is 0 Å². The number of nitrogens with zero attached hydrogens (tertiary/aromatic N) is 6. The van der Waals surface area contributed by atoms with Crippen molar-refractivity contribution in [1.29, 1.82) is 0 Å². The van der Waals surface area contributed by atoms with Crippen molar-refractivity contribution in [2.75, 3.05) is 18.5 Å². The lowest BCUT2D eigenvalue weighted by Gasteiger charge is -2.22. The summed E-state index contributed by atoms with van der Waals surface area (Å²) in [7, 11) is 2.01. The molecule has 6 nitrogen and oxygen atoms in total. The van der Waals surface area contributed by atoms with Gasteiger partial charge in [0.2, 0.25) is 0 Å². The molecular formula is C14H15ClN6. The number of aromatic nitrogens is 5. The molecule has 0 bridgehead atoms. The predicted molar refractivity (Wildman–Crippen MR) is 81.7 cm³/mol. The molecule has 0 atom stereocenters. The molecule has 0 N–H and O–H groups in total. The number of fused-ring (bicyclic) bond motifs is 1. The van der Waals surface area contributed by atoms with Crippen molar-refractivity contribution in [1.82, 2.24) is 24.6 Å². The summed E-state index contributed by atoms with van der Waals surface area (Å²) in [6, 6.07) is 4.04. The molecule has 0 aliphatic heterocycles. The van der Waals surface area contributed by atoms with E-state index in [4.69, 9.17) is 11.6 Å². The molecule has 21 heavy (non-hydrogen) atoms. The van der Waals surface area contributed by atoms with E-state index in [9.17, 15) is 0 Å². The second kappa shape index (κ2) is 5.65. The van der Waals surface area contributed by atoms with Crippen LogP contribution < -0.4 is 4.90 Å². The van der Waals surface area contributed by atoms with Gasteiger partial charge in [-0.15, -0.1) is 0 Å². The molecule has 0 radical (unpaired) electrons. The van der Waals surface area contributed by atoms with Crippen molar-refractivity contribution < 1.29 is 0 Å². The lowest BCUT2D eigenvalue weighted by atomic mass is 10.2. The number of halogens is 1. The minimum atomic E-state index is 0.460. The average Bonchev–Trinajstić information content (AvgIpc) is 2.94. The van der Waals surface area contributed by atoms with Gasteiger partial charge >= 0.3 is 0 Å². The molecule has 108 valence electrons. The fraction of sp³-hybridized carbons (Fsp3) is 0.286. The Morgan fingerprint density at radius 3 is 2.81 bits per heavy atom. The van der Waals surface area contributed by atoms with Crippen LogP contribution in [0.5, 0.6) is 0 Å². The average molecular weight is 303 g/mol. The first-order valence-corrected chi connectivity index (χ1v) is 7.00. The van der Waals surface area contributed by atoms with Gasteiger partial charge in [0.1, 0.15) is 17.3 Å². The first-order chi connectivity index (χ1) is 10.2. The van der Waals surface area contributed by atoms with Crippen LogP contribution in [0.2, 0.25) is 5.15 Å². The first-order valence-electron chi connectivity index (χ1n) is 6.62. The summed E-state index contributed by atoms with van der Waals surface area (Å²) in [5, 5.41) is 4.69. The van der Waals surface area contributed by atoms with Gasteiger partial charge in [-0.2, -0.15) is 19.6 Å². The smallest absolute Gasteiger partial charge is 0.255 e. The second-order valence-corrected chi connectivity index (χ2v) is 5.21. The highest BCUT2D eigenvalue weighted by atomic mass is 35.5. The molecule has 3 aromatic heterocycles. The van der Waals surface area contributed by atoms with Gasteiger partial charge in [0.25, 0.3) is 5.78 Å². The van der Waals surface area contributed by atoms with Crippen molar-refractivity contribution in [3.8, 4) is 0 Å². The van der Waals surface area contributed by atoms with E-state index in [2.05, 4.69) is 25.0 Å². The third-order valence-electron chi connectivity index (χ3n) is 3.42. The maximum absolute atomic E-state index is 6.18. The summed E-state index contributed by atoms with van der Waals surface area (Å²) >= 11 is 6.18. The SMILES string of the molecule is Cc1c(Cl)nc2ncnn2c1N(C)CCc1ccncc1. The van der Waals surface area contributed by atoms with Crippen molar-refractivity contribution >= 4 is 23.2 Å². The lowest BCUT2D eigenvalue weighted by molar-refractivity contribution is 0.807. The number of hydrogen-bond donors (Lipinski definition) is 0. The van der Waals surface area contributed by atoms with Crippen LogP contribution in [-0.2, 0) is 6.42 Å². The predicted octanol–water partition coefficient (Wildman–Crippen LogP) is 2.16.